The van der Waals surface area contributed by atoms with Crippen molar-refractivity contribution in [2.75, 3.05) is 30.0 Å². The molecular formula is C25H31N5O2S. The fourth-order valence-corrected chi connectivity index (χ4v) is 3.37. The van der Waals surface area contributed by atoms with E-state index in [1.165, 1.54) is 0 Å². The normalized spacial score (nSPS) is 12.5. The molecule has 5 N–H and O–H groups in total. The van der Waals surface area contributed by atoms with Gasteiger partial charge in [-0.15, -0.1) is 0 Å². The molecule has 0 aliphatic carbocycles. The van der Waals surface area contributed by atoms with Gasteiger partial charge in [0.05, 0.1) is 18.5 Å². The van der Waals surface area contributed by atoms with Gasteiger partial charge in [-0.1, -0.05) is 48.5 Å². The zero-order valence-corrected chi connectivity index (χ0v) is 19.8. The largest absolute Gasteiger partial charge is 0.496 e. The van der Waals surface area contributed by atoms with Crippen molar-refractivity contribution in [3.05, 3.63) is 72.3 Å². The topological polar surface area (TPSA) is 101 Å². The average molecular weight is 466 g/mol. The Labute approximate surface area is 200 Å². The monoisotopic (exact) mass is 465 g/mol. The summed E-state index contributed by atoms with van der Waals surface area (Å²) in [4.78, 5) is 17.6. The van der Waals surface area contributed by atoms with E-state index in [0.717, 1.165) is 28.3 Å². The molecule has 7 nitrogen and oxygen atoms in total. The minimum absolute atomic E-state index is 0.100. The Hall–Kier alpha value is -3.23. The van der Waals surface area contributed by atoms with Gasteiger partial charge < -0.3 is 26.4 Å². The minimum Gasteiger partial charge on any atom is -0.496 e. The van der Waals surface area contributed by atoms with Gasteiger partial charge >= 0.3 is 0 Å². The fourth-order valence-electron chi connectivity index (χ4n) is 3.24. The first-order valence-electron chi connectivity index (χ1n) is 10.8. The van der Waals surface area contributed by atoms with E-state index < -0.39 is 6.04 Å². The molecule has 0 radical (unpaired) electrons. The Bertz CT molecular complexity index is 1050. The van der Waals surface area contributed by atoms with Crippen LogP contribution in [0, 0.1) is 0 Å². The third kappa shape index (κ3) is 6.87. The third-order valence-corrected chi connectivity index (χ3v) is 5.62. The van der Waals surface area contributed by atoms with Crippen molar-refractivity contribution >= 4 is 30.0 Å². The van der Waals surface area contributed by atoms with E-state index in [2.05, 4.69) is 28.6 Å². The Morgan fingerprint density at radius 1 is 1.09 bits per heavy atom. The highest BCUT2D eigenvalue weighted by Gasteiger charge is 2.17. The molecule has 2 atom stereocenters. The SMILES string of the molecule is COc1ccccc1CNC(=O)[C@H](C)Nc1nc(-c2ccccc2)ccc1NCC(N)CS. The summed E-state index contributed by atoms with van der Waals surface area (Å²) in [6.45, 7) is 2.71. The summed E-state index contributed by atoms with van der Waals surface area (Å²) in [5, 5.41) is 9.52. The molecule has 8 heteroatoms. The number of anilines is 2. The summed E-state index contributed by atoms with van der Waals surface area (Å²) in [5.41, 5.74) is 9.49. The van der Waals surface area contributed by atoms with Gasteiger partial charge in [0.25, 0.3) is 0 Å². The second-order valence-electron chi connectivity index (χ2n) is 7.68. The number of hydrogen-bond donors (Lipinski definition) is 5. The van der Waals surface area contributed by atoms with Crippen molar-refractivity contribution in [1.29, 1.82) is 0 Å². The number of nitrogens with one attached hydrogen (secondary N) is 3. The first-order valence-corrected chi connectivity index (χ1v) is 11.5. The summed E-state index contributed by atoms with van der Waals surface area (Å²) in [7, 11) is 1.62. The number of para-hydroxylation sites is 1. The van der Waals surface area contributed by atoms with Gasteiger partial charge in [-0.2, -0.15) is 12.6 Å². The van der Waals surface area contributed by atoms with Crippen LogP contribution in [0.3, 0.4) is 0 Å². The van der Waals surface area contributed by atoms with Crippen molar-refractivity contribution in [3.63, 3.8) is 0 Å². The van der Waals surface area contributed by atoms with Crippen LogP contribution in [0.15, 0.2) is 66.7 Å². The van der Waals surface area contributed by atoms with Crippen LogP contribution >= 0.6 is 12.6 Å². The van der Waals surface area contributed by atoms with Crippen molar-refractivity contribution in [1.82, 2.24) is 10.3 Å². The number of aromatic nitrogens is 1. The summed E-state index contributed by atoms with van der Waals surface area (Å²) in [5.74, 6) is 1.74. The molecule has 3 aromatic rings. The summed E-state index contributed by atoms with van der Waals surface area (Å²) < 4.78 is 5.36. The quantitative estimate of drug-likeness (QED) is 0.278. The molecule has 174 valence electrons. The maximum atomic E-state index is 12.8. The van der Waals surface area contributed by atoms with E-state index in [9.17, 15) is 4.79 Å². The number of amides is 1. The number of benzene rings is 2. The van der Waals surface area contributed by atoms with Gasteiger partial charge in [0.2, 0.25) is 5.91 Å². The maximum absolute atomic E-state index is 12.8. The van der Waals surface area contributed by atoms with Crippen molar-refractivity contribution in [2.24, 2.45) is 5.73 Å². The van der Waals surface area contributed by atoms with Crippen molar-refractivity contribution in [3.8, 4) is 17.0 Å². The second kappa shape index (κ2) is 12.1. The molecule has 1 aromatic heterocycles. The molecule has 2 aromatic carbocycles. The van der Waals surface area contributed by atoms with Gasteiger partial charge in [-0.25, -0.2) is 4.98 Å². The molecule has 0 aliphatic rings. The molecule has 0 spiro atoms. The van der Waals surface area contributed by atoms with E-state index in [0.29, 0.717) is 24.7 Å². The standard InChI is InChI=1S/C25H31N5O2S/c1-17(25(31)28-14-19-10-6-7-11-23(19)32-2)29-24-22(27-15-20(26)16-33)13-12-21(30-24)18-8-4-3-5-9-18/h3-13,17,20,27,33H,14-16,26H2,1-2H3,(H,28,31)(H,29,30)/t17-,20?/m0/s1. The molecule has 0 saturated heterocycles. The summed E-state index contributed by atoms with van der Waals surface area (Å²) in [6.07, 6.45) is 0. The molecule has 1 unspecified atom stereocenters. The summed E-state index contributed by atoms with van der Waals surface area (Å²) in [6, 6.07) is 20.8. The number of rotatable bonds is 11. The van der Waals surface area contributed by atoms with Crippen LogP contribution in [0.2, 0.25) is 0 Å². The number of nitrogens with two attached hydrogens (primary N) is 1. The highest BCUT2D eigenvalue weighted by molar-refractivity contribution is 7.80. The number of carbonyl (C=O) groups is 1. The molecule has 3 rings (SSSR count). The van der Waals surface area contributed by atoms with E-state index in [-0.39, 0.29) is 11.9 Å². The Balaban J connectivity index is 1.74. The lowest BCUT2D eigenvalue weighted by molar-refractivity contribution is -0.121. The van der Waals surface area contributed by atoms with E-state index >= 15 is 0 Å². The lowest BCUT2D eigenvalue weighted by atomic mass is 10.1. The fraction of sp³-hybridized carbons (Fsp3) is 0.280. The van der Waals surface area contributed by atoms with Gasteiger partial charge in [0.15, 0.2) is 5.82 Å². The predicted molar refractivity (Wildman–Crippen MR) is 138 cm³/mol. The summed E-state index contributed by atoms with van der Waals surface area (Å²) >= 11 is 4.24. The van der Waals surface area contributed by atoms with Crippen LogP contribution in [0.25, 0.3) is 11.3 Å². The zero-order valence-electron chi connectivity index (χ0n) is 18.9. The lowest BCUT2D eigenvalue weighted by Gasteiger charge is -2.20. The van der Waals surface area contributed by atoms with Gasteiger partial charge in [-0.3, -0.25) is 4.79 Å². The van der Waals surface area contributed by atoms with Crippen LogP contribution in [-0.2, 0) is 11.3 Å². The van der Waals surface area contributed by atoms with Crippen LogP contribution in [0.5, 0.6) is 5.75 Å². The first kappa shape index (κ1) is 24.4. The zero-order chi connectivity index (χ0) is 23.6. The molecule has 0 fully saturated rings. The van der Waals surface area contributed by atoms with Crippen LogP contribution in [0.4, 0.5) is 11.5 Å². The predicted octanol–water partition coefficient (Wildman–Crippen LogP) is 3.54. The van der Waals surface area contributed by atoms with Gasteiger partial charge in [0, 0.05) is 36.0 Å². The van der Waals surface area contributed by atoms with Crippen molar-refractivity contribution in [2.45, 2.75) is 25.6 Å². The third-order valence-electron chi connectivity index (χ3n) is 5.15. The van der Waals surface area contributed by atoms with Crippen LogP contribution in [-0.4, -0.2) is 42.4 Å². The van der Waals surface area contributed by atoms with Gasteiger partial charge in [0.1, 0.15) is 11.8 Å². The highest BCUT2D eigenvalue weighted by Crippen LogP contribution is 2.26. The maximum Gasteiger partial charge on any atom is 0.242 e. The number of methoxy groups -OCH3 is 1. The minimum atomic E-state index is -0.516. The first-order chi connectivity index (χ1) is 16.0. The number of hydrogen-bond acceptors (Lipinski definition) is 7. The van der Waals surface area contributed by atoms with E-state index in [4.69, 9.17) is 15.5 Å². The second-order valence-corrected chi connectivity index (χ2v) is 8.04. The molecular weight excluding hydrogens is 434 g/mol. The number of nitrogens with zero attached hydrogens (tertiary/aromatic N) is 1. The molecule has 0 bridgehead atoms. The lowest BCUT2D eigenvalue weighted by Crippen LogP contribution is -2.37. The Morgan fingerprint density at radius 2 is 1.82 bits per heavy atom. The molecule has 1 amide bonds. The number of ether oxygens (including phenoxy) is 1. The highest BCUT2D eigenvalue weighted by atomic mass is 32.1. The number of thiol groups is 1. The smallest absolute Gasteiger partial charge is 0.242 e. The van der Waals surface area contributed by atoms with E-state index in [1.54, 1.807) is 14.0 Å². The molecule has 0 aliphatic heterocycles. The number of carbonyl (C=O) groups excluding carboxylic acids is 1. The van der Waals surface area contributed by atoms with Crippen LogP contribution < -0.4 is 26.4 Å². The average Bonchev–Trinajstić information content (AvgIpc) is 2.86. The number of pyridine rings is 1. The molecule has 1 heterocycles. The molecule has 33 heavy (non-hydrogen) atoms. The Morgan fingerprint density at radius 3 is 2.55 bits per heavy atom. The molecule has 0 saturated carbocycles. The van der Waals surface area contributed by atoms with Gasteiger partial charge in [-0.05, 0) is 25.1 Å². The Kier molecular flexibility index (Phi) is 8.97. The van der Waals surface area contributed by atoms with Crippen molar-refractivity contribution < 1.29 is 9.53 Å². The van der Waals surface area contributed by atoms with Crippen LogP contribution in [0.1, 0.15) is 12.5 Å². The van der Waals surface area contributed by atoms with E-state index in [1.807, 2.05) is 66.7 Å².